The first-order valence-corrected chi connectivity index (χ1v) is 5.10. The summed E-state index contributed by atoms with van der Waals surface area (Å²) in [6.45, 7) is 0. The van der Waals surface area contributed by atoms with Crippen LogP contribution in [0.1, 0.15) is 0 Å². The highest BCUT2D eigenvalue weighted by molar-refractivity contribution is 5.75. The number of hydrogen-bond acceptors (Lipinski definition) is 5. The number of aromatic nitrogens is 4. The molecule has 0 aliphatic carbocycles. The first-order chi connectivity index (χ1) is 8.34. The van der Waals surface area contributed by atoms with Crippen molar-refractivity contribution >= 4 is 22.9 Å². The van der Waals surface area contributed by atoms with Crippen molar-refractivity contribution in [1.29, 1.82) is 0 Å². The van der Waals surface area contributed by atoms with Crippen LogP contribution in [0.5, 0.6) is 0 Å². The Bertz CT molecular complexity index is 649. The van der Waals surface area contributed by atoms with Gasteiger partial charge in [0.2, 0.25) is 5.95 Å². The number of nitrogens with two attached hydrogens (primary N) is 1. The van der Waals surface area contributed by atoms with Gasteiger partial charge in [-0.05, 0) is 12.2 Å². The maximum absolute atomic E-state index is 5.58. The molecule has 0 unspecified atom stereocenters. The molecule has 0 fully saturated rings. The Labute approximate surface area is 97.2 Å². The highest BCUT2D eigenvalue weighted by Crippen LogP contribution is 2.14. The van der Waals surface area contributed by atoms with Crippen LogP contribution in [0.3, 0.4) is 0 Å². The van der Waals surface area contributed by atoms with Gasteiger partial charge in [0.1, 0.15) is 17.7 Å². The standard InChI is InChI=1S/C11H10N6/c12-11-14-6-8-10(16-11)17(7-15-8)9-4-2-1-3-5-13-9/h1-7,13H,(H2,12,14,16). The number of rotatable bonds is 1. The lowest BCUT2D eigenvalue weighted by molar-refractivity contribution is 0.995. The molecule has 0 aromatic carbocycles. The third-order valence-electron chi connectivity index (χ3n) is 2.37. The Hall–Kier alpha value is -2.63. The first-order valence-electron chi connectivity index (χ1n) is 5.10. The molecule has 0 saturated heterocycles. The van der Waals surface area contributed by atoms with E-state index in [0.717, 1.165) is 5.82 Å². The fourth-order valence-corrected chi connectivity index (χ4v) is 1.60. The molecule has 84 valence electrons. The van der Waals surface area contributed by atoms with E-state index in [-0.39, 0.29) is 5.95 Å². The van der Waals surface area contributed by atoms with Crippen LogP contribution in [0.4, 0.5) is 5.95 Å². The Balaban J connectivity index is 2.17. The quantitative estimate of drug-likeness (QED) is 0.754. The summed E-state index contributed by atoms with van der Waals surface area (Å²) in [5.74, 6) is 1.09. The molecule has 17 heavy (non-hydrogen) atoms. The van der Waals surface area contributed by atoms with Gasteiger partial charge in [-0.2, -0.15) is 4.98 Å². The summed E-state index contributed by atoms with van der Waals surface area (Å²) in [7, 11) is 0. The molecule has 1 aliphatic rings. The topological polar surface area (TPSA) is 81.6 Å². The molecule has 3 rings (SSSR count). The molecule has 0 saturated carbocycles. The van der Waals surface area contributed by atoms with E-state index in [9.17, 15) is 0 Å². The predicted octanol–water partition coefficient (Wildman–Crippen LogP) is 0.880. The molecule has 3 heterocycles. The fourth-order valence-electron chi connectivity index (χ4n) is 1.60. The molecule has 2 aromatic rings. The van der Waals surface area contributed by atoms with Gasteiger partial charge in [0, 0.05) is 6.20 Å². The van der Waals surface area contributed by atoms with Crippen LogP contribution in [0.2, 0.25) is 0 Å². The van der Waals surface area contributed by atoms with Crippen molar-refractivity contribution in [3.63, 3.8) is 0 Å². The van der Waals surface area contributed by atoms with E-state index < -0.39 is 0 Å². The summed E-state index contributed by atoms with van der Waals surface area (Å²) in [6, 6.07) is 0. The molecule has 6 nitrogen and oxygen atoms in total. The van der Waals surface area contributed by atoms with Crippen LogP contribution in [-0.4, -0.2) is 19.5 Å². The van der Waals surface area contributed by atoms with Crippen LogP contribution in [0.15, 0.2) is 43.0 Å². The summed E-state index contributed by atoms with van der Waals surface area (Å²) in [5.41, 5.74) is 6.97. The molecular weight excluding hydrogens is 216 g/mol. The van der Waals surface area contributed by atoms with Crippen molar-refractivity contribution in [2.24, 2.45) is 0 Å². The van der Waals surface area contributed by atoms with Gasteiger partial charge in [-0.15, -0.1) is 0 Å². The van der Waals surface area contributed by atoms with Gasteiger partial charge in [0.05, 0.1) is 6.20 Å². The zero-order chi connectivity index (χ0) is 11.7. The van der Waals surface area contributed by atoms with Crippen LogP contribution in [0, 0.1) is 0 Å². The normalized spacial score (nSPS) is 14.5. The van der Waals surface area contributed by atoms with Crippen molar-refractivity contribution in [3.05, 3.63) is 43.0 Å². The highest BCUT2D eigenvalue weighted by atomic mass is 15.2. The van der Waals surface area contributed by atoms with Crippen molar-refractivity contribution in [2.45, 2.75) is 0 Å². The lowest BCUT2D eigenvalue weighted by Crippen LogP contribution is -2.10. The second-order valence-corrected chi connectivity index (χ2v) is 3.49. The molecule has 0 radical (unpaired) electrons. The number of nitrogens with one attached hydrogen (secondary N) is 1. The molecule has 0 spiro atoms. The average molecular weight is 226 g/mol. The zero-order valence-electron chi connectivity index (χ0n) is 8.91. The Morgan fingerprint density at radius 1 is 1.18 bits per heavy atom. The number of nitrogens with zero attached hydrogens (tertiary/aromatic N) is 4. The molecular formula is C11H10N6. The third-order valence-corrected chi connectivity index (χ3v) is 2.37. The summed E-state index contributed by atoms with van der Waals surface area (Å²) >= 11 is 0. The van der Waals surface area contributed by atoms with Crippen LogP contribution in [0.25, 0.3) is 17.0 Å². The second-order valence-electron chi connectivity index (χ2n) is 3.49. The van der Waals surface area contributed by atoms with Crippen molar-refractivity contribution < 1.29 is 0 Å². The lowest BCUT2D eigenvalue weighted by Gasteiger charge is -2.07. The zero-order valence-corrected chi connectivity index (χ0v) is 8.91. The minimum atomic E-state index is 0.236. The molecule has 2 aromatic heterocycles. The van der Waals surface area contributed by atoms with E-state index in [2.05, 4.69) is 20.3 Å². The molecule has 0 bridgehead atoms. The van der Waals surface area contributed by atoms with Gasteiger partial charge in [-0.25, -0.2) is 9.97 Å². The Morgan fingerprint density at radius 2 is 2.12 bits per heavy atom. The number of fused-ring (bicyclic) bond motifs is 1. The smallest absolute Gasteiger partial charge is 0.222 e. The van der Waals surface area contributed by atoms with Gasteiger partial charge < -0.3 is 11.1 Å². The monoisotopic (exact) mass is 226 g/mol. The highest BCUT2D eigenvalue weighted by Gasteiger charge is 2.08. The van der Waals surface area contributed by atoms with Gasteiger partial charge in [0.15, 0.2) is 5.65 Å². The van der Waals surface area contributed by atoms with Crippen molar-refractivity contribution in [2.75, 3.05) is 5.73 Å². The minimum absolute atomic E-state index is 0.236. The number of imidazole rings is 1. The summed E-state index contributed by atoms with van der Waals surface area (Å²) in [6.07, 6.45) is 12.8. The Kier molecular flexibility index (Phi) is 2.11. The van der Waals surface area contributed by atoms with E-state index in [1.54, 1.807) is 12.5 Å². The SMILES string of the molecule is Nc1ncc2ncn(C3=CC=CC=CN3)c2n1. The third kappa shape index (κ3) is 1.65. The number of allylic oxidation sites excluding steroid dienone is 4. The van der Waals surface area contributed by atoms with Crippen LogP contribution >= 0.6 is 0 Å². The number of anilines is 1. The van der Waals surface area contributed by atoms with Crippen molar-refractivity contribution in [3.8, 4) is 0 Å². The average Bonchev–Trinajstić information content (AvgIpc) is 2.58. The summed E-state index contributed by atoms with van der Waals surface area (Å²) in [5, 5.41) is 3.14. The van der Waals surface area contributed by atoms with Gasteiger partial charge >= 0.3 is 0 Å². The molecule has 6 heteroatoms. The fraction of sp³-hybridized carbons (Fsp3) is 0. The Morgan fingerprint density at radius 3 is 3.06 bits per heavy atom. The molecule has 3 N–H and O–H groups in total. The first kappa shape index (κ1) is 9.59. The van der Waals surface area contributed by atoms with E-state index in [0.29, 0.717) is 11.2 Å². The van der Waals surface area contributed by atoms with Gasteiger partial charge in [-0.1, -0.05) is 12.2 Å². The molecule has 1 aliphatic heterocycles. The summed E-state index contributed by atoms with van der Waals surface area (Å²) in [4.78, 5) is 12.3. The maximum atomic E-state index is 5.58. The van der Waals surface area contributed by atoms with Crippen molar-refractivity contribution in [1.82, 2.24) is 24.8 Å². The second kappa shape index (κ2) is 3.75. The van der Waals surface area contributed by atoms with Crippen LogP contribution < -0.4 is 11.1 Å². The lowest BCUT2D eigenvalue weighted by atomic mass is 10.4. The molecule has 0 amide bonds. The van der Waals surface area contributed by atoms with E-state index >= 15 is 0 Å². The minimum Gasteiger partial charge on any atom is -0.368 e. The number of nitrogen functional groups attached to an aromatic ring is 1. The maximum Gasteiger partial charge on any atom is 0.222 e. The van der Waals surface area contributed by atoms with Gasteiger partial charge in [-0.3, -0.25) is 4.57 Å². The predicted molar refractivity (Wildman–Crippen MR) is 65.4 cm³/mol. The van der Waals surface area contributed by atoms with E-state index in [1.807, 2.05) is 35.1 Å². The van der Waals surface area contributed by atoms with Gasteiger partial charge in [0.25, 0.3) is 0 Å². The van der Waals surface area contributed by atoms with E-state index in [1.165, 1.54) is 0 Å². The largest absolute Gasteiger partial charge is 0.368 e. The molecule has 0 atom stereocenters. The summed E-state index contributed by atoms with van der Waals surface area (Å²) < 4.78 is 1.83. The van der Waals surface area contributed by atoms with Crippen LogP contribution in [-0.2, 0) is 0 Å². The van der Waals surface area contributed by atoms with E-state index in [4.69, 9.17) is 5.73 Å². The number of hydrogen-bond donors (Lipinski definition) is 2.